The van der Waals surface area contributed by atoms with Gasteiger partial charge in [0.2, 0.25) is 5.91 Å². The molecular weight excluding hydrogens is 296 g/mol. The van der Waals surface area contributed by atoms with Gasteiger partial charge < -0.3 is 15.3 Å². The second-order valence-electron chi connectivity index (χ2n) is 5.33. The minimum absolute atomic E-state index is 0.199. The Kier molecular flexibility index (Phi) is 5.99. The number of nitrogens with one attached hydrogen (secondary N) is 2. The van der Waals surface area contributed by atoms with E-state index in [4.69, 9.17) is 0 Å². The van der Waals surface area contributed by atoms with Crippen LogP contribution >= 0.6 is 0 Å². The zero-order valence-electron chi connectivity index (χ0n) is 13.0. The van der Waals surface area contributed by atoms with Gasteiger partial charge in [-0.1, -0.05) is 6.08 Å². The van der Waals surface area contributed by atoms with E-state index in [0.29, 0.717) is 6.54 Å². The van der Waals surface area contributed by atoms with Crippen molar-refractivity contribution in [3.05, 3.63) is 36.9 Å². The molecule has 0 spiro atoms. The first-order chi connectivity index (χ1) is 11.1. The number of hydrogen-bond donors (Lipinski definition) is 3. The number of piperazine rings is 1. The fraction of sp³-hybridized carbons (Fsp3) is 0.375. The maximum absolute atomic E-state index is 11.8. The first kappa shape index (κ1) is 16.8. The number of carbonyl (C=O) groups excluding carboxylic acids is 2. The minimum atomic E-state index is -0.502. The van der Waals surface area contributed by atoms with E-state index in [2.05, 4.69) is 22.1 Å². The molecule has 7 nitrogen and oxygen atoms in total. The fourth-order valence-electron chi connectivity index (χ4n) is 2.41. The molecule has 0 aliphatic carbocycles. The van der Waals surface area contributed by atoms with E-state index >= 15 is 0 Å². The van der Waals surface area contributed by atoms with Crippen LogP contribution in [0.3, 0.4) is 0 Å². The van der Waals surface area contributed by atoms with Gasteiger partial charge in [0.25, 0.3) is 0 Å². The number of imide groups is 1. The summed E-state index contributed by atoms with van der Waals surface area (Å²) in [7, 11) is 0. The Bertz CT molecular complexity index is 551. The highest BCUT2D eigenvalue weighted by molar-refractivity contribution is 5.95. The molecule has 1 aromatic rings. The lowest BCUT2D eigenvalue weighted by molar-refractivity contribution is -0.121. The molecule has 0 bridgehead atoms. The molecule has 1 aliphatic rings. The van der Waals surface area contributed by atoms with Gasteiger partial charge in [-0.25, -0.2) is 4.79 Å². The summed E-state index contributed by atoms with van der Waals surface area (Å²) in [6.07, 6.45) is 1.55. The summed E-state index contributed by atoms with van der Waals surface area (Å²) in [6.45, 7) is 7.07. The number of nitrogens with zero attached hydrogens (tertiary/aromatic N) is 2. The van der Waals surface area contributed by atoms with Crippen molar-refractivity contribution in [1.82, 2.24) is 15.5 Å². The highest BCUT2D eigenvalue weighted by Crippen LogP contribution is 2.19. The normalized spacial score (nSPS) is 15.0. The van der Waals surface area contributed by atoms with Crippen LogP contribution in [0, 0.1) is 0 Å². The van der Waals surface area contributed by atoms with Gasteiger partial charge in [-0.3, -0.25) is 15.0 Å². The lowest BCUT2D eigenvalue weighted by Crippen LogP contribution is -2.51. The van der Waals surface area contributed by atoms with Gasteiger partial charge in [-0.15, -0.1) is 6.58 Å². The summed E-state index contributed by atoms with van der Waals surface area (Å²) in [4.78, 5) is 27.4. The van der Waals surface area contributed by atoms with Crippen molar-refractivity contribution in [2.45, 2.75) is 0 Å². The predicted octanol–water partition coefficient (Wildman–Crippen LogP) is 0.526. The molecule has 0 saturated carbocycles. The molecule has 0 radical (unpaired) electrons. The highest BCUT2D eigenvalue weighted by atomic mass is 16.3. The summed E-state index contributed by atoms with van der Waals surface area (Å²) >= 11 is 0. The second-order valence-corrected chi connectivity index (χ2v) is 5.33. The first-order valence-electron chi connectivity index (χ1n) is 7.53. The predicted molar refractivity (Wildman–Crippen MR) is 88.5 cm³/mol. The Labute approximate surface area is 135 Å². The number of anilines is 1. The van der Waals surface area contributed by atoms with E-state index in [1.54, 1.807) is 18.2 Å². The van der Waals surface area contributed by atoms with Crippen molar-refractivity contribution in [1.29, 1.82) is 0 Å². The monoisotopic (exact) mass is 318 g/mol. The van der Waals surface area contributed by atoms with Gasteiger partial charge in [-0.05, 0) is 24.3 Å². The lowest BCUT2D eigenvalue weighted by Gasteiger charge is -2.35. The number of aromatic hydroxyl groups is 1. The zero-order chi connectivity index (χ0) is 16.7. The zero-order valence-corrected chi connectivity index (χ0v) is 13.0. The van der Waals surface area contributed by atoms with Gasteiger partial charge in [0.05, 0.1) is 6.54 Å². The number of amides is 3. The molecule has 2 rings (SSSR count). The van der Waals surface area contributed by atoms with E-state index in [1.165, 1.54) is 0 Å². The number of benzene rings is 1. The number of phenolic OH excluding ortho intramolecular Hbond substituents is 1. The van der Waals surface area contributed by atoms with Gasteiger partial charge in [0.15, 0.2) is 0 Å². The van der Waals surface area contributed by atoms with Crippen molar-refractivity contribution >= 4 is 17.6 Å². The van der Waals surface area contributed by atoms with Crippen molar-refractivity contribution in [2.75, 3.05) is 44.2 Å². The van der Waals surface area contributed by atoms with Crippen molar-refractivity contribution in [2.24, 2.45) is 0 Å². The molecule has 23 heavy (non-hydrogen) atoms. The molecule has 0 aromatic heterocycles. The van der Waals surface area contributed by atoms with E-state index in [1.807, 2.05) is 17.0 Å². The van der Waals surface area contributed by atoms with Crippen LogP contribution in [0.1, 0.15) is 0 Å². The summed E-state index contributed by atoms with van der Waals surface area (Å²) < 4.78 is 0. The summed E-state index contributed by atoms with van der Waals surface area (Å²) in [5.41, 5.74) is 1.05. The molecule has 1 heterocycles. The van der Waals surface area contributed by atoms with Gasteiger partial charge >= 0.3 is 6.03 Å². The standard InChI is InChI=1S/C16H22N4O3/c1-2-7-17-16(23)18-15(22)12-19-8-10-20(11-9-19)13-3-5-14(21)6-4-13/h2-6,21H,1,7-12H2,(H2,17,18,22,23). The lowest BCUT2D eigenvalue weighted by atomic mass is 10.2. The second kappa shape index (κ2) is 8.19. The first-order valence-corrected chi connectivity index (χ1v) is 7.53. The van der Waals surface area contributed by atoms with Crippen molar-refractivity contribution in [3.8, 4) is 5.75 Å². The van der Waals surface area contributed by atoms with Crippen LogP contribution in [0.25, 0.3) is 0 Å². The van der Waals surface area contributed by atoms with Crippen LogP contribution in [-0.2, 0) is 4.79 Å². The van der Waals surface area contributed by atoms with Crippen LogP contribution in [0.5, 0.6) is 5.75 Å². The molecule has 0 atom stereocenters. The quantitative estimate of drug-likeness (QED) is 0.690. The molecule has 7 heteroatoms. The van der Waals surface area contributed by atoms with Crippen LogP contribution in [-0.4, -0.2) is 61.2 Å². The molecule has 1 saturated heterocycles. The van der Waals surface area contributed by atoms with Crippen LogP contribution in [0.15, 0.2) is 36.9 Å². The van der Waals surface area contributed by atoms with Crippen LogP contribution in [0.4, 0.5) is 10.5 Å². The van der Waals surface area contributed by atoms with Gasteiger partial charge in [-0.2, -0.15) is 0 Å². The van der Waals surface area contributed by atoms with E-state index in [0.717, 1.165) is 31.9 Å². The number of carbonyl (C=O) groups is 2. The molecular formula is C16H22N4O3. The maximum Gasteiger partial charge on any atom is 0.321 e. The summed E-state index contributed by atoms with van der Waals surface area (Å²) in [6, 6.07) is 6.58. The SMILES string of the molecule is C=CCNC(=O)NC(=O)CN1CCN(c2ccc(O)cc2)CC1. The molecule has 124 valence electrons. The molecule has 1 aromatic carbocycles. The number of phenols is 1. The smallest absolute Gasteiger partial charge is 0.321 e. The minimum Gasteiger partial charge on any atom is -0.508 e. The third kappa shape index (κ3) is 5.30. The van der Waals surface area contributed by atoms with Crippen LogP contribution < -0.4 is 15.5 Å². The fourth-order valence-corrected chi connectivity index (χ4v) is 2.41. The van der Waals surface area contributed by atoms with E-state index in [9.17, 15) is 14.7 Å². The summed E-state index contributed by atoms with van der Waals surface area (Å²) in [5, 5.41) is 14.1. The molecule has 3 amide bonds. The Morgan fingerprint density at radius 2 is 1.83 bits per heavy atom. The van der Waals surface area contributed by atoms with E-state index < -0.39 is 6.03 Å². The third-order valence-electron chi connectivity index (χ3n) is 3.61. The molecule has 1 aliphatic heterocycles. The van der Waals surface area contributed by atoms with Gasteiger partial charge in [0, 0.05) is 38.4 Å². The molecule has 1 fully saturated rings. The Balaban J connectivity index is 1.74. The Hall–Kier alpha value is -2.54. The van der Waals surface area contributed by atoms with Gasteiger partial charge in [0.1, 0.15) is 5.75 Å². The third-order valence-corrected chi connectivity index (χ3v) is 3.61. The highest BCUT2D eigenvalue weighted by Gasteiger charge is 2.19. The van der Waals surface area contributed by atoms with Crippen LogP contribution in [0.2, 0.25) is 0 Å². The average Bonchev–Trinajstić information content (AvgIpc) is 2.54. The number of rotatable bonds is 5. The summed E-state index contributed by atoms with van der Waals surface area (Å²) in [5.74, 6) is -0.0663. The maximum atomic E-state index is 11.8. The largest absolute Gasteiger partial charge is 0.508 e. The van der Waals surface area contributed by atoms with Crippen molar-refractivity contribution < 1.29 is 14.7 Å². The molecule has 0 unspecified atom stereocenters. The number of urea groups is 1. The molecule has 3 N–H and O–H groups in total. The number of hydrogen-bond acceptors (Lipinski definition) is 5. The Morgan fingerprint density at radius 3 is 2.43 bits per heavy atom. The Morgan fingerprint density at radius 1 is 1.17 bits per heavy atom. The topological polar surface area (TPSA) is 84.9 Å². The van der Waals surface area contributed by atoms with Crippen molar-refractivity contribution in [3.63, 3.8) is 0 Å². The average molecular weight is 318 g/mol. The van der Waals surface area contributed by atoms with E-state index in [-0.39, 0.29) is 18.2 Å².